The molecule has 0 aromatic heterocycles. The van der Waals surface area contributed by atoms with E-state index < -0.39 is 0 Å². The minimum absolute atomic E-state index is 0.530. The van der Waals surface area contributed by atoms with Crippen molar-refractivity contribution in [3.05, 3.63) is 35.4 Å². The van der Waals surface area contributed by atoms with Crippen molar-refractivity contribution in [3.63, 3.8) is 0 Å². The second-order valence-electron chi connectivity index (χ2n) is 4.14. The van der Waals surface area contributed by atoms with E-state index in [1.807, 2.05) is 19.1 Å². The van der Waals surface area contributed by atoms with E-state index >= 15 is 0 Å². The van der Waals surface area contributed by atoms with Crippen molar-refractivity contribution >= 4 is 17.6 Å². The van der Waals surface area contributed by atoms with E-state index in [-0.39, 0.29) is 0 Å². The summed E-state index contributed by atoms with van der Waals surface area (Å²) >= 11 is 6.23. The number of benzene rings is 1. The Labute approximate surface area is 131 Å². The molecule has 1 aromatic rings. The van der Waals surface area contributed by atoms with E-state index in [4.69, 9.17) is 21.1 Å². The van der Waals surface area contributed by atoms with Gasteiger partial charge in [0.2, 0.25) is 0 Å². The summed E-state index contributed by atoms with van der Waals surface area (Å²) in [5, 5.41) is 6.81. The number of ether oxygens (including phenoxy) is 2. The number of nitrogens with one attached hydrogen (secondary N) is 2. The van der Waals surface area contributed by atoms with Crippen LogP contribution in [0.15, 0.2) is 29.8 Å². The highest BCUT2D eigenvalue weighted by Gasteiger charge is 2.11. The molecule has 0 unspecified atom stereocenters. The molecule has 5 nitrogen and oxygen atoms in total. The van der Waals surface area contributed by atoms with E-state index in [2.05, 4.69) is 22.2 Å². The maximum absolute atomic E-state index is 6.23. The second kappa shape index (κ2) is 9.13. The molecule has 0 aliphatic rings. The van der Waals surface area contributed by atoms with E-state index in [0.717, 1.165) is 5.56 Å². The lowest BCUT2D eigenvalue weighted by atomic mass is 10.2. The van der Waals surface area contributed by atoms with Gasteiger partial charge in [-0.3, -0.25) is 4.99 Å². The van der Waals surface area contributed by atoms with Crippen LogP contribution >= 0.6 is 11.6 Å². The van der Waals surface area contributed by atoms with Crippen LogP contribution in [0.1, 0.15) is 12.5 Å². The number of rotatable bonds is 7. The first kappa shape index (κ1) is 17.2. The molecule has 0 atom stereocenters. The van der Waals surface area contributed by atoms with Crippen LogP contribution in [0.3, 0.4) is 0 Å². The van der Waals surface area contributed by atoms with E-state index in [9.17, 15) is 0 Å². The van der Waals surface area contributed by atoms with Crippen LogP contribution in [0, 0.1) is 0 Å². The molecule has 0 radical (unpaired) electrons. The highest BCUT2D eigenvalue weighted by atomic mass is 35.5. The number of guanidine groups is 1. The summed E-state index contributed by atoms with van der Waals surface area (Å²) in [7, 11) is 3.31. The Balaban J connectivity index is 2.80. The third-order valence-electron chi connectivity index (χ3n) is 2.68. The fraction of sp³-hybridized carbons (Fsp3) is 0.400. The van der Waals surface area contributed by atoms with Crippen LogP contribution < -0.4 is 20.1 Å². The van der Waals surface area contributed by atoms with Gasteiger partial charge in [0, 0.05) is 20.1 Å². The van der Waals surface area contributed by atoms with Gasteiger partial charge in [-0.25, -0.2) is 0 Å². The van der Waals surface area contributed by atoms with Crippen molar-refractivity contribution in [3.8, 4) is 11.5 Å². The molecular weight excluding hydrogens is 290 g/mol. The van der Waals surface area contributed by atoms with Crippen molar-refractivity contribution in [2.75, 3.05) is 27.3 Å². The van der Waals surface area contributed by atoms with Crippen LogP contribution in [0.5, 0.6) is 11.5 Å². The van der Waals surface area contributed by atoms with Gasteiger partial charge in [0.25, 0.3) is 0 Å². The maximum atomic E-state index is 6.23. The molecule has 0 aliphatic carbocycles. The molecule has 0 saturated heterocycles. The van der Waals surface area contributed by atoms with E-state index in [1.165, 1.54) is 0 Å². The van der Waals surface area contributed by atoms with E-state index in [1.54, 1.807) is 20.2 Å². The van der Waals surface area contributed by atoms with Gasteiger partial charge >= 0.3 is 0 Å². The summed E-state index contributed by atoms with van der Waals surface area (Å²) in [5.41, 5.74) is 0.974. The number of hydrogen-bond donors (Lipinski definition) is 2. The lowest BCUT2D eigenvalue weighted by molar-refractivity contribution is 0.311. The predicted octanol–water partition coefficient (Wildman–Crippen LogP) is 2.60. The summed E-state index contributed by atoms with van der Waals surface area (Å²) in [5.74, 6) is 1.88. The standard InChI is InChI=1S/C15H22ClN3O2/c1-5-7-18-15(17-3)19-10-11-8-12(16)14(21-6-2)13(9-11)20-4/h5,8-9H,1,6-7,10H2,2-4H3,(H2,17,18,19). The van der Waals surface area contributed by atoms with Crippen LogP contribution in [-0.2, 0) is 6.54 Å². The lowest BCUT2D eigenvalue weighted by Crippen LogP contribution is -2.36. The second-order valence-corrected chi connectivity index (χ2v) is 4.54. The summed E-state index contributed by atoms with van der Waals surface area (Å²) < 4.78 is 10.8. The van der Waals surface area contributed by atoms with Crippen molar-refractivity contribution in [2.24, 2.45) is 4.99 Å². The number of hydrogen-bond acceptors (Lipinski definition) is 3. The van der Waals surface area contributed by atoms with Gasteiger partial charge in [0.1, 0.15) is 0 Å². The first-order valence-corrected chi connectivity index (χ1v) is 7.08. The molecule has 0 aliphatic heterocycles. The largest absolute Gasteiger partial charge is 0.493 e. The lowest BCUT2D eigenvalue weighted by Gasteiger charge is -2.14. The summed E-state index contributed by atoms with van der Waals surface area (Å²) in [4.78, 5) is 4.11. The van der Waals surface area contributed by atoms with Gasteiger partial charge in [0.05, 0.1) is 18.7 Å². The SMILES string of the molecule is C=CCNC(=NC)NCc1cc(Cl)c(OCC)c(OC)c1. The van der Waals surface area contributed by atoms with Crippen molar-refractivity contribution in [1.82, 2.24) is 10.6 Å². The van der Waals surface area contributed by atoms with Gasteiger partial charge < -0.3 is 20.1 Å². The summed E-state index contributed by atoms with van der Waals surface area (Å²) in [6.45, 7) is 7.30. The molecule has 0 amide bonds. The zero-order chi connectivity index (χ0) is 15.7. The molecule has 6 heteroatoms. The van der Waals surface area contributed by atoms with Crippen LogP contribution in [0.2, 0.25) is 5.02 Å². The smallest absolute Gasteiger partial charge is 0.191 e. The molecule has 1 rings (SSSR count). The molecule has 0 spiro atoms. The summed E-state index contributed by atoms with van der Waals surface area (Å²) in [6.07, 6.45) is 1.77. The molecule has 116 valence electrons. The third-order valence-corrected chi connectivity index (χ3v) is 2.96. The zero-order valence-corrected chi connectivity index (χ0v) is 13.5. The van der Waals surface area contributed by atoms with E-state index in [0.29, 0.717) is 42.2 Å². The van der Waals surface area contributed by atoms with Gasteiger partial charge in [0.15, 0.2) is 17.5 Å². The summed E-state index contributed by atoms with van der Waals surface area (Å²) in [6, 6.07) is 3.74. The predicted molar refractivity (Wildman–Crippen MR) is 87.6 cm³/mol. The highest BCUT2D eigenvalue weighted by molar-refractivity contribution is 6.32. The van der Waals surface area contributed by atoms with Crippen LogP contribution in [0.25, 0.3) is 0 Å². The third kappa shape index (κ3) is 5.19. The maximum Gasteiger partial charge on any atom is 0.191 e. The molecule has 0 heterocycles. The molecule has 0 fully saturated rings. The fourth-order valence-electron chi connectivity index (χ4n) is 1.73. The van der Waals surface area contributed by atoms with Gasteiger partial charge in [-0.1, -0.05) is 17.7 Å². The van der Waals surface area contributed by atoms with Gasteiger partial charge in [-0.05, 0) is 24.6 Å². The average Bonchev–Trinajstić information content (AvgIpc) is 2.49. The van der Waals surface area contributed by atoms with Gasteiger partial charge in [-0.2, -0.15) is 0 Å². The van der Waals surface area contributed by atoms with Crippen LogP contribution in [-0.4, -0.2) is 33.3 Å². The topological polar surface area (TPSA) is 54.9 Å². The Morgan fingerprint density at radius 2 is 2.19 bits per heavy atom. The Morgan fingerprint density at radius 3 is 2.76 bits per heavy atom. The number of aliphatic imine (C=N–C) groups is 1. The number of methoxy groups -OCH3 is 1. The minimum atomic E-state index is 0.530. The highest BCUT2D eigenvalue weighted by Crippen LogP contribution is 2.36. The van der Waals surface area contributed by atoms with Crippen LogP contribution in [0.4, 0.5) is 0 Å². The monoisotopic (exact) mass is 311 g/mol. The Kier molecular flexibility index (Phi) is 7.46. The average molecular weight is 312 g/mol. The molecule has 0 saturated carbocycles. The van der Waals surface area contributed by atoms with Crippen molar-refractivity contribution in [1.29, 1.82) is 0 Å². The Morgan fingerprint density at radius 1 is 1.43 bits per heavy atom. The first-order chi connectivity index (χ1) is 10.2. The normalized spacial score (nSPS) is 11.0. The molecule has 1 aromatic carbocycles. The van der Waals surface area contributed by atoms with Gasteiger partial charge in [-0.15, -0.1) is 6.58 Å². The number of halogens is 1. The quantitative estimate of drug-likeness (QED) is 0.462. The Bertz CT molecular complexity index is 504. The minimum Gasteiger partial charge on any atom is -0.493 e. The zero-order valence-electron chi connectivity index (χ0n) is 12.7. The molecular formula is C15H22ClN3O2. The van der Waals surface area contributed by atoms with Crippen molar-refractivity contribution in [2.45, 2.75) is 13.5 Å². The molecule has 21 heavy (non-hydrogen) atoms. The van der Waals surface area contributed by atoms with Crippen molar-refractivity contribution < 1.29 is 9.47 Å². The first-order valence-electron chi connectivity index (χ1n) is 6.70. The molecule has 2 N–H and O–H groups in total. The fourth-order valence-corrected chi connectivity index (χ4v) is 2.02. The number of nitrogens with zero attached hydrogens (tertiary/aromatic N) is 1. The molecule has 0 bridgehead atoms. The Hall–Kier alpha value is -1.88.